The maximum Gasteiger partial charge on any atom is 0.196 e. The second-order valence-corrected chi connectivity index (χ2v) is 11.5. The Morgan fingerprint density at radius 1 is 0.800 bits per heavy atom. The van der Waals surface area contributed by atoms with E-state index in [1.54, 1.807) is 0 Å². The summed E-state index contributed by atoms with van der Waals surface area (Å²) < 4.78 is 1.93. The zero-order valence-electron chi connectivity index (χ0n) is 22.5. The number of benzene rings is 3. The molecule has 10 heteroatoms. The molecule has 0 aliphatic heterocycles. The van der Waals surface area contributed by atoms with E-state index < -0.39 is 18.3 Å². The van der Waals surface area contributed by atoms with Crippen molar-refractivity contribution in [2.75, 3.05) is 5.75 Å². The molecule has 206 valence electrons. The van der Waals surface area contributed by atoms with E-state index in [1.165, 1.54) is 28.3 Å². The average molecular weight is 557 g/mol. The van der Waals surface area contributed by atoms with Gasteiger partial charge in [0.15, 0.2) is 11.0 Å². The molecule has 2 aromatic heterocycles. The first kappa shape index (κ1) is 27.7. The van der Waals surface area contributed by atoms with Gasteiger partial charge < -0.3 is 15.3 Å². The molecule has 0 bridgehead atoms. The van der Waals surface area contributed by atoms with Gasteiger partial charge >= 0.3 is 0 Å². The van der Waals surface area contributed by atoms with Crippen LogP contribution in [0.5, 0.6) is 0 Å². The molecule has 9 nitrogen and oxygen atoms in total. The molecule has 0 radical (unpaired) electrons. The topological polar surface area (TPSA) is 122 Å². The fourth-order valence-electron chi connectivity index (χ4n) is 4.22. The first-order valence-electron chi connectivity index (χ1n) is 13.0. The van der Waals surface area contributed by atoms with Gasteiger partial charge in [-0.25, -0.2) is 0 Å². The zero-order valence-corrected chi connectivity index (χ0v) is 23.3. The molecule has 40 heavy (non-hydrogen) atoms. The maximum absolute atomic E-state index is 10.8. The van der Waals surface area contributed by atoms with Gasteiger partial charge in [-0.05, 0) is 35.2 Å². The van der Waals surface area contributed by atoms with Crippen molar-refractivity contribution >= 4 is 11.8 Å². The number of hydrogen-bond donors (Lipinski definition) is 3. The van der Waals surface area contributed by atoms with Crippen molar-refractivity contribution in [1.82, 2.24) is 29.8 Å². The molecule has 3 atom stereocenters. The third kappa shape index (κ3) is 6.00. The highest BCUT2D eigenvalue weighted by atomic mass is 32.2. The van der Waals surface area contributed by atoms with Crippen LogP contribution < -0.4 is 0 Å². The first-order valence-corrected chi connectivity index (χ1v) is 14.0. The lowest BCUT2D eigenvalue weighted by molar-refractivity contribution is -0.0531. The summed E-state index contributed by atoms with van der Waals surface area (Å²) in [5.41, 5.74) is 3.91. The Hall–Kier alpha value is -3.83. The van der Waals surface area contributed by atoms with Gasteiger partial charge in [-0.3, -0.25) is 4.57 Å². The molecule has 0 fully saturated rings. The first-order chi connectivity index (χ1) is 19.2. The van der Waals surface area contributed by atoms with E-state index in [9.17, 15) is 15.3 Å². The van der Waals surface area contributed by atoms with Crippen LogP contribution in [0.4, 0.5) is 0 Å². The molecule has 0 spiro atoms. The average Bonchev–Trinajstić information content (AvgIpc) is 3.64. The van der Waals surface area contributed by atoms with Crippen molar-refractivity contribution in [3.8, 4) is 22.8 Å². The molecule has 3 N–H and O–H groups in total. The highest BCUT2D eigenvalue weighted by Gasteiger charge is 2.29. The van der Waals surface area contributed by atoms with Crippen LogP contribution in [-0.2, 0) is 5.41 Å². The quantitative estimate of drug-likeness (QED) is 0.229. The Morgan fingerprint density at radius 3 is 2.05 bits per heavy atom. The highest BCUT2D eigenvalue weighted by Crippen LogP contribution is 2.31. The fourth-order valence-corrected chi connectivity index (χ4v) is 5.16. The van der Waals surface area contributed by atoms with Crippen LogP contribution in [0.25, 0.3) is 22.8 Å². The molecular formula is C30H32N6O3S. The number of nitrogens with zero attached hydrogens (tertiary/aromatic N) is 6. The summed E-state index contributed by atoms with van der Waals surface area (Å²) in [5.74, 6) is 0.737. The predicted molar refractivity (Wildman–Crippen MR) is 155 cm³/mol. The number of aliphatic hydroxyl groups excluding tert-OH is 3. The van der Waals surface area contributed by atoms with Crippen LogP contribution in [0.3, 0.4) is 0 Å². The van der Waals surface area contributed by atoms with Gasteiger partial charge in [0.1, 0.15) is 17.9 Å². The Morgan fingerprint density at radius 2 is 1.43 bits per heavy atom. The van der Waals surface area contributed by atoms with E-state index in [1.807, 2.05) is 77.4 Å². The minimum Gasteiger partial charge on any atom is -0.389 e. The number of thioether (sulfide) groups is 1. The van der Waals surface area contributed by atoms with Gasteiger partial charge in [0.25, 0.3) is 0 Å². The van der Waals surface area contributed by atoms with Crippen molar-refractivity contribution < 1.29 is 15.3 Å². The lowest BCUT2D eigenvalue weighted by atomic mass is 9.87. The van der Waals surface area contributed by atoms with Crippen molar-refractivity contribution in [1.29, 1.82) is 0 Å². The smallest absolute Gasteiger partial charge is 0.196 e. The van der Waals surface area contributed by atoms with Crippen molar-refractivity contribution in [2.45, 2.75) is 49.7 Å². The van der Waals surface area contributed by atoms with E-state index in [-0.39, 0.29) is 16.9 Å². The van der Waals surface area contributed by atoms with Crippen LogP contribution in [-0.4, -0.2) is 63.0 Å². The SMILES string of the molecule is CC(C)(C)c1ccc(-c2nnc(SC[C@H](O)[C@@H](O)[C@@H](O)c3cnn(-c4ccccc4)n3)n2-c2ccccc2)cc1. The van der Waals surface area contributed by atoms with E-state index >= 15 is 0 Å². The molecular weight excluding hydrogens is 524 g/mol. The molecule has 0 unspecified atom stereocenters. The number of aliphatic hydroxyl groups is 3. The largest absolute Gasteiger partial charge is 0.389 e. The third-order valence-electron chi connectivity index (χ3n) is 6.56. The molecule has 5 rings (SSSR count). The van der Waals surface area contributed by atoms with Gasteiger partial charge in [-0.2, -0.15) is 15.0 Å². The van der Waals surface area contributed by atoms with Crippen LogP contribution in [0, 0.1) is 0 Å². The Balaban J connectivity index is 1.33. The monoisotopic (exact) mass is 556 g/mol. The molecule has 0 aliphatic carbocycles. The summed E-state index contributed by atoms with van der Waals surface area (Å²) >= 11 is 1.24. The maximum atomic E-state index is 10.8. The minimum atomic E-state index is -1.48. The summed E-state index contributed by atoms with van der Waals surface area (Å²) in [7, 11) is 0. The second-order valence-electron chi connectivity index (χ2n) is 10.5. The van der Waals surface area contributed by atoms with Gasteiger partial charge in [0, 0.05) is 17.0 Å². The number of para-hydroxylation sites is 2. The second kappa shape index (κ2) is 11.7. The van der Waals surface area contributed by atoms with E-state index in [4.69, 9.17) is 0 Å². The summed E-state index contributed by atoms with van der Waals surface area (Å²) in [6.45, 7) is 6.52. The van der Waals surface area contributed by atoms with Crippen molar-refractivity contribution in [3.63, 3.8) is 0 Å². The Kier molecular flexibility index (Phi) is 8.13. The van der Waals surface area contributed by atoms with Crippen molar-refractivity contribution in [3.05, 3.63) is 102 Å². The lowest BCUT2D eigenvalue weighted by Gasteiger charge is -2.21. The van der Waals surface area contributed by atoms with Crippen LogP contribution >= 0.6 is 11.8 Å². The zero-order chi connectivity index (χ0) is 28.3. The van der Waals surface area contributed by atoms with Crippen LogP contribution in [0.15, 0.2) is 96.3 Å². The normalized spacial score (nSPS) is 14.2. The summed E-state index contributed by atoms with van der Waals surface area (Å²) in [6.07, 6.45) is -2.79. The van der Waals surface area contributed by atoms with Gasteiger partial charge in [-0.15, -0.1) is 10.2 Å². The molecule has 0 amide bonds. The number of aromatic nitrogens is 6. The standard InChI is InChI=1S/C30H32N6O3S/c1-30(2,3)21-16-14-20(15-17-21)28-32-33-29(35(28)22-10-6-4-7-11-22)40-19-25(37)27(39)26(38)24-18-31-36(34-24)23-12-8-5-9-13-23/h4-18,25-27,37-39H,19H2,1-3H3/t25-,26-,27+/m0/s1. The summed E-state index contributed by atoms with van der Waals surface area (Å²) in [4.78, 5) is 1.37. The molecule has 2 heterocycles. The third-order valence-corrected chi connectivity index (χ3v) is 7.59. The molecule has 0 aliphatic rings. The van der Waals surface area contributed by atoms with Gasteiger partial charge in [0.05, 0.1) is 18.0 Å². The number of hydrogen-bond acceptors (Lipinski definition) is 8. The Bertz CT molecular complexity index is 1530. The van der Waals surface area contributed by atoms with Gasteiger partial charge in [-0.1, -0.05) is 93.2 Å². The van der Waals surface area contributed by atoms with Gasteiger partial charge in [0.2, 0.25) is 0 Å². The van der Waals surface area contributed by atoms with E-state index in [2.05, 4.69) is 53.3 Å². The molecule has 5 aromatic rings. The minimum absolute atomic E-state index is 0.0317. The highest BCUT2D eigenvalue weighted by molar-refractivity contribution is 7.99. The van der Waals surface area contributed by atoms with Crippen molar-refractivity contribution in [2.24, 2.45) is 0 Å². The molecule has 0 saturated carbocycles. The summed E-state index contributed by atoms with van der Waals surface area (Å²) in [6, 6.07) is 27.3. The van der Waals surface area contributed by atoms with Crippen LogP contribution in [0.2, 0.25) is 0 Å². The molecule has 3 aromatic carbocycles. The fraction of sp³-hybridized carbons (Fsp3) is 0.267. The van der Waals surface area contributed by atoms with E-state index in [0.717, 1.165) is 16.9 Å². The number of rotatable bonds is 9. The van der Waals surface area contributed by atoms with Crippen LogP contribution in [0.1, 0.15) is 38.1 Å². The lowest BCUT2D eigenvalue weighted by Crippen LogP contribution is -2.34. The molecule has 0 saturated heterocycles. The summed E-state index contributed by atoms with van der Waals surface area (Å²) in [5, 5.41) is 50.1. The predicted octanol–water partition coefficient (Wildman–Crippen LogP) is 4.36. The van der Waals surface area contributed by atoms with E-state index in [0.29, 0.717) is 11.0 Å². The Labute approximate surface area is 237 Å².